The standard InChI is InChI=1S/C63H98N18O13S/c1-37(2)33-45(57(89)74-41(53(68)85)27-32-95-3)73-52(84)36-72-54(86)46(34-38-15-6-4-7-16-38)78-58(90)47(35-39-17-8-5-9-18-39)79-56(88)42(23-25-50(66)82)75-55(87)43(24-26-51(67)83)76-59(91)49-22-14-31-81(49)62(94)44(20-10-11-28-64)77-60(92)48-21-13-30-80(48)61(93)40(65)19-12-29-71-63(69)70/h4-9,15-18,37,40-49H,10-14,19-36,64-65H2,1-3H3,(H2,66,82)(H2,67,83)(H2,68,85)(H,72,86)(H,73,84)(H,74,89)(H,75,87)(H,76,91)(H,77,92)(H,78,90)(H,79,88)(H4,69,70,71)/t40-,41+,42-,43+,44+,45-,46+,47-,48-,49-/m1/s1. The van der Waals surface area contributed by atoms with E-state index in [4.69, 9.17) is 40.1 Å². The summed E-state index contributed by atoms with van der Waals surface area (Å²) in [6.45, 7) is 3.86. The van der Waals surface area contributed by atoms with E-state index in [-0.39, 0.29) is 83.0 Å². The smallest absolute Gasteiger partial charge is 0.245 e. The van der Waals surface area contributed by atoms with Gasteiger partial charge in [-0.05, 0) is 119 Å². The molecule has 4 rings (SSSR count). The van der Waals surface area contributed by atoms with Gasteiger partial charge in [0.15, 0.2) is 5.96 Å². The molecule has 0 unspecified atom stereocenters. The molecule has 2 aliphatic rings. The van der Waals surface area contributed by atoms with E-state index in [2.05, 4.69) is 47.5 Å². The van der Waals surface area contributed by atoms with Gasteiger partial charge in [-0.25, -0.2) is 0 Å². The summed E-state index contributed by atoms with van der Waals surface area (Å²) in [7, 11) is 0. The van der Waals surface area contributed by atoms with Crippen molar-refractivity contribution in [3.05, 3.63) is 71.8 Å². The molecule has 0 aliphatic carbocycles. The highest BCUT2D eigenvalue weighted by atomic mass is 32.2. The summed E-state index contributed by atoms with van der Waals surface area (Å²) in [6.07, 6.45) is 3.12. The molecule has 2 fully saturated rings. The number of amides is 13. The van der Waals surface area contributed by atoms with Gasteiger partial charge < -0.3 is 92.5 Å². The van der Waals surface area contributed by atoms with E-state index in [0.717, 1.165) is 0 Å². The van der Waals surface area contributed by atoms with Crippen LogP contribution in [0.25, 0.3) is 0 Å². The molecule has 2 aromatic rings. The Kier molecular flexibility index (Phi) is 33.9. The number of benzene rings is 2. The molecule has 22 N–H and O–H groups in total. The highest BCUT2D eigenvalue weighted by Crippen LogP contribution is 2.24. The largest absolute Gasteiger partial charge is 0.370 e. The lowest BCUT2D eigenvalue weighted by molar-refractivity contribution is -0.144. The minimum absolute atomic E-state index is 0.0736. The third kappa shape index (κ3) is 27.5. The van der Waals surface area contributed by atoms with E-state index in [1.165, 1.54) is 21.6 Å². The highest BCUT2D eigenvalue weighted by Gasteiger charge is 2.42. The maximum absolute atomic E-state index is 14.7. The summed E-state index contributed by atoms with van der Waals surface area (Å²) in [4.78, 5) is 185. The molecule has 32 heteroatoms. The van der Waals surface area contributed by atoms with Crippen LogP contribution >= 0.6 is 11.8 Å². The molecule has 31 nitrogen and oxygen atoms in total. The van der Waals surface area contributed by atoms with Crippen molar-refractivity contribution >= 4 is 94.5 Å². The number of unbranched alkanes of at least 4 members (excludes halogenated alkanes) is 1. The normalized spacial score (nSPS) is 16.8. The first-order valence-corrected chi connectivity index (χ1v) is 33.6. The Morgan fingerprint density at radius 1 is 0.537 bits per heavy atom. The Balaban J connectivity index is 1.56. The molecule has 0 radical (unpaired) electrons. The molecule has 0 bridgehead atoms. The molecule has 95 heavy (non-hydrogen) atoms. The zero-order chi connectivity index (χ0) is 70.1. The fourth-order valence-corrected chi connectivity index (χ4v) is 11.5. The highest BCUT2D eigenvalue weighted by molar-refractivity contribution is 7.98. The summed E-state index contributed by atoms with van der Waals surface area (Å²) in [5.74, 6) is -9.80. The van der Waals surface area contributed by atoms with Gasteiger partial charge in [-0.1, -0.05) is 74.5 Å². The number of nitrogens with zero attached hydrogens (tertiary/aromatic N) is 3. The minimum atomic E-state index is -1.64. The van der Waals surface area contributed by atoms with E-state index < -0.39 is 169 Å². The van der Waals surface area contributed by atoms with Gasteiger partial charge in [0.1, 0.15) is 54.4 Å². The van der Waals surface area contributed by atoms with Crippen LogP contribution in [0.3, 0.4) is 0 Å². The molecule has 524 valence electrons. The number of hydrogen-bond donors (Lipinski definition) is 15. The van der Waals surface area contributed by atoms with Crippen LogP contribution in [0.15, 0.2) is 65.7 Å². The lowest BCUT2D eigenvalue weighted by Gasteiger charge is -2.32. The molecule has 0 aromatic heterocycles. The summed E-state index contributed by atoms with van der Waals surface area (Å²) in [5, 5.41) is 21.1. The Bertz CT molecular complexity index is 2960. The Morgan fingerprint density at radius 2 is 1.01 bits per heavy atom. The Labute approximate surface area is 558 Å². The van der Waals surface area contributed by atoms with Crippen molar-refractivity contribution in [3.8, 4) is 0 Å². The van der Waals surface area contributed by atoms with Gasteiger partial charge in [-0.3, -0.25) is 67.3 Å². The van der Waals surface area contributed by atoms with Crippen LogP contribution in [0.4, 0.5) is 0 Å². The van der Waals surface area contributed by atoms with E-state index >= 15 is 0 Å². The van der Waals surface area contributed by atoms with Crippen LogP contribution in [-0.2, 0) is 75.2 Å². The SMILES string of the molecule is CSCC[C@H](NC(=O)[C@@H](CC(C)C)NC(=O)CNC(=O)[C@H](Cc1ccccc1)NC(=O)[C@@H](Cc1ccccc1)NC(=O)[C@@H](CCC(N)=O)NC(=O)[C@H](CCC(N)=O)NC(=O)[C@H]1CCCN1C(=O)[C@H](CCCCN)NC(=O)[C@H]1CCCN1C(=O)[C@H](N)CCCN=C(N)N)C(N)=O. The van der Waals surface area contributed by atoms with Crippen LogP contribution < -0.4 is 82.7 Å². The average Bonchev–Trinajstić information content (AvgIpc) is 1.74. The van der Waals surface area contributed by atoms with Gasteiger partial charge in [0.25, 0.3) is 0 Å². The lowest BCUT2D eigenvalue weighted by atomic mass is 10.0. The van der Waals surface area contributed by atoms with Crippen LogP contribution in [0.5, 0.6) is 0 Å². The molecule has 0 spiro atoms. The lowest BCUT2D eigenvalue weighted by Crippen LogP contribution is -2.60. The molecule has 0 saturated carbocycles. The van der Waals surface area contributed by atoms with Crippen LogP contribution in [0, 0.1) is 5.92 Å². The van der Waals surface area contributed by atoms with E-state index in [1.54, 1.807) is 60.7 Å². The Hall–Kier alpha value is -8.91. The quantitative estimate of drug-likeness (QED) is 0.0173. The molecular formula is C63H98N18O13S. The van der Waals surface area contributed by atoms with Gasteiger partial charge in [0.05, 0.1) is 12.6 Å². The maximum Gasteiger partial charge on any atom is 0.245 e. The number of hydrogen-bond acceptors (Lipinski definition) is 17. The number of guanidine groups is 1. The van der Waals surface area contributed by atoms with Gasteiger partial charge in [0, 0.05) is 45.3 Å². The average molecular weight is 1350 g/mol. The number of likely N-dealkylation sites (tertiary alicyclic amines) is 2. The topological polar surface area (TPSA) is 519 Å². The van der Waals surface area contributed by atoms with Crippen molar-refractivity contribution in [3.63, 3.8) is 0 Å². The predicted octanol–water partition coefficient (Wildman–Crippen LogP) is -3.71. The van der Waals surface area contributed by atoms with Crippen LogP contribution in [-0.4, -0.2) is 198 Å². The fraction of sp³-hybridized carbons (Fsp3) is 0.587. The summed E-state index contributed by atoms with van der Waals surface area (Å²) >= 11 is 1.45. The molecule has 2 aliphatic heterocycles. The fourth-order valence-electron chi connectivity index (χ4n) is 11.0. The number of nitrogens with one attached hydrogen (secondary N) is 8. The first-order valence-electron chi connectivity index (χ1n) is 32.2. The summed E-state index contributed by atoms with van der Waals surface area (Å²) in [5.41, 5.74) is 40.6. The molecule has 13 amide bonds. The summed E-state index contributed by atoms with van der Waals surface area (Å²) in [6, 6.07) is 4.51. The molecular weight excluding hydrogens is 1250 g/mol. The third-order valence-electron chi connectivity index (χ3n) is 16.0. The second kappa shape index (κ2) is 41.0. The predicted molar refractivity (Wildman–Crippen MR) is 356 cm³/mol. The van der Waals surface area contributed by atoms with Crippen LogP contribution in [0.1, 0.15) is 121 Å². The van der Waals surface area contributed by atoms with Gasteiger partial charge >= 0.3 is 0 Å². The number of rotatable bonds is 42. The third-order valence-corrected chi connectivity index (χ3v) is 16.7. The Morgan fingerprint density at radius 3 is 1.51 bits per heavy atom. The zero-order valence-electron chi connectivity index (χ0n) is 54.5. The van der Waals surface area contributed by atoms with E-state index in [9.17, 15) is 62.3 Å². The first kappa shape index (κ1) is 78.5. The number of primary amides is 3. The molecule has 2 heterocycles. The molecule has 2 saturated heterocycles. The molecule has 2 aromatic carbocycles. The zero-order valence-corrected chi connectivity index (χ0v) is 55.3. The second-order valence-corrected chi connectivity index (χ2v) is 25.1. The minimum Gasteiger partial charge on any atom is -0.370 e. The first-order chi connectivity index (χ1) is 45.2. The van der Waals surface area contributed by atoms with Crippen molar-refractivity contribution in [2.24, 2.45) is 51.0 Å². The number of carbonyl (C=O) groups excluding carboxylic acids is 13. The second-order valence-electron chi connectivity index (χ2n) is 24.1. The van der Waals surface area contributed by atoms with Crippen molar-refractivity contribution < 1.29 is 62.3 Å². The van der Waals surface area contributed by atoms with Gasteiger partial charge in [0.2, 0.25) is 76.8 Å². The monoisotopic (exact) mass is 1350 g/mol. The van der Waals surface area contributed by atoms with Crippen molar-refractivity contribution in [1.82, 2.24) is 52.3 Å². The number of thioether (sulfide) groups is 1. The van der Waals surface area contributed by atoms with Crippen molar-refractivity contribution in [1.29, 1.82) is 0 Å². The van der Waals surface area contributed by atoms with E-state index in [1.807, 2.05) is 20.1 Å². The van der Waals surface area contributed by atoms with Crippen molar-refractivity contribution in [2.45, 2.75) is 183 Å². The summed E-state index contributed by atoms with van der Waals surface area (Å²) < 4.78 is 0. The number of carbonyl (C=O) groups is 13. The van der Waals surface area contributed by atoms with Crippen LogP contribution in [0.2, 0.25) is 0 Å². The number of nitrogens with two attached hydrogens (primary N) is 7. The maximum atomic E-state index is 14.7. The molecule has 10 atom stereocenters. The van der Waals surface area contributed by atoms with E-state index in [0.29, 0.717) is 55.4 Å². The van der Waals surface area contributed by atoms with Gasteiger partial charge in [-0.15, -0.1) is 0 Å². The van der Waals surface area contributed by atoms with Gasteiger partial charge in [-0.2, -0.15) is 11.8 Å². The van der Waals surface area contributed by atoms with Crippen molar-refractivity contribution in [2.75, 3.05) is 44.7 Å². The number of aliphatic imine (C=N–C) groups is 1.